The molecule has 1 N–H and O–H groups in total. The Bertz CT molecular complexity index is 460. The first-order valence-corrected chi connectivity index (χ1v) is 4.65. The van der Waals surface area contributed by atoms with E-state index in [-0.39, 0.29) is 0 Å². The zero-order chi connectivity index (χ0) is 14.0. The molecule has 1 rings (SSSR count). The average molecular weight is 270 g/mol. The second-order valence-electron chi connectivity index (χ2n) is 3.43. The Kier molecular flexibility index (Phi) is 4.10. The van der Waals surface area contributed by atoms with Gasteiger partial charge in [-0.05, 0) is 6.92 Å². The van der Waals surface area contributed by atoms with Gasteiger partial charge in [0.2, 0.25) is 29.1 Å². The van der Waals surface area contributed by atoms with Crippen molar-refractivity contribution in [3.8, 4) is 5.75 Å². The summed E-state index contributed by atoms with van der Waals surface area (Å²) in [5, 5.41) is 8.38. The maximum absolute atomic E-state index is 13.1. The molecule has 0 aliphatic heterocycles. The van der Waals surface area contributed by atoms with Crippen LogP contribution < -0.4 is 4.74 Å². The van der Waals surface area contributed by atoms with Gasteiger partial charge in [-0.2, -0.15) is 8.78 Å². The number of ether oxygens (including phenoxy) is 1. The molecule has 3 nitrogen and oxygen atoms in total. The third-order valence-electron chi connectivity index (χ3n) is 1.95. The Morgan fingerprint density at radius 3 is 1.83 bits per heavy atom. The molecule has 0 aliphatic carbocycles. The minimum atomic E-state index is -2.30. The van der Waals surface area contributed by atoms with E-state index < -0.39 is 53.3 Å². The fourth-order valence-electron chi connectivity index (χ4n) is 1.18. The first kappa shape index (κ1) is 14.2. The van der Waals surface area contributed by atoms with E-state index >= 15 is 0 Å². The van der Waals surface area contributed by atoms with E-state index in [0.29, 0.717) is 0 Å². The topological polar surface area (TPSA) is 46.5 Å². The van der Waals surface area contributed by atoms with Crippen molar-refractivity contribution in [3.63, 3.8) is 0 Å². The Morgan fingerprint density at radius 1 is 1.06 bits per heavy atom. The van der Waals surface area contributed by atoms with Gasteiger partial charge < -0.3 is 9.84 Å². The van der Waals surface area contributed by atoms with Crippen molar-refractivity contribution in [1.29, 1.82) is 0 Å². The number of hydrogen-bond acceptors (Lipinski definition) is 2. The predicted octanol–water partition coefficient (Wildman–Crippen LogP) is 2.62. The van der Waals surface area contributed by atoms with Gasteiger partial charge >= 0.3 is 5.97 Å². The highest BCUT2D eigenvalue weighted by Crippen LogP contribution is 2.30. The SMILES string of the molecule is C[C@@H](CC(=O)O)Oc1c(F)c(F)c(F)c(F)c1F. The fourth-order valence-corrected chi connectivity index (χ4v) is 1.18. The molecule has 0 bridgehead atoms. The van der Waals surface area contributed by atoms with Crippen LogP contribution >= 0.6 is 0 Å². The van der Waals surface area contributed by atoms with E-state index in [2.05, 4.69) is 4.74 Å². The van der Waals surface area contributed by atoms with Crippen molar-refractivity contribution in [2.75, 3.05) is 0 Å². The Labute approximate surface area is 97.8 Å². The Hall–Kier alpha value is -1.86. The van der Waals surface area contributed by atoms with Crippen LogP contribution in [-0.4, -0.2) is 17.2 Å². The molecule has 0 saturated carbocycles. The monoisotopic (exact) mass is 270 g/mol. The van der Waals surface area contributed by atoms with Crippen LogP contribution in [0.15, 0.2) is 0 Å². The molecular weight excluding hydrogens is 263 g/mol. The van der Waals surface area contributed by atoms with E-state index in [1.807, 2.05) is 0 Å². The summed E-state index contributed by atoms with van der Waals surface area (Å²) in [4.78, 5) is 10.3. The lowest BCUT2D eigenvalue weighted by atomic mass is 10.2. The number of hydrogen-bond donors (Lipinski definition) is 1. The maximum atomic E-state index is 13.1. The molecule has 8 heteroatoms. The predicted molar refractivity (Wildman–Crippen MR) is 48.6 cm³/mol. The number of carboxylic acid groups (broad SMARTS) is 1. The maximum Gasteiger partial charge on any atom is 0.307 e. The van der Waals surface area contributed by atoms with Crippen molar-refractivity contribution < 1.29 is 36.6 Å². The van der Waals surface area contributed by atoms with Crippen LogP contribution in [0.4, 0.5) is 22.0 Å². The molecule has 0 radical (unpaired) electrons. The average Bonchev–Trinajstić information content (AvgIpc) is 2.29. The minimum absolute atomic E-state index is 0.653. The summed E-state index contributed by atoms with van der Waals surface area (Å²) in [6.07, 6.45) is -1.91. The third kappa shape index (κ3) is 2.69. The van der Waals surface area contributed by atoms with Crippen molar-refractivity contribution in [3.05, 3.63) is 29.1 Å². The Balaban J connectivity index is 3.13. The smallest absolute Gasteiger partial charge is 0.307 e. The molecule has 18 heavy (non-hydrogen) atoms. The van der Waals surface area contributed by atoms with Gasteiger partial charge in [0, 0.05) is 0 Å². The molecular formula is C10H7F5O3. The first-order chi connectivity index (χ1) is 8.25. The number of carboxylic acids is 1. The molecule has 0 spiro atoms. The molecule has 1 aromatic carbocycles. The highest BCUT2D eigenvalue weighted by Gasteiger charge is 2.28. The van der Waals surface area contributed by atoms with Gasteiger partial charge in [-0.25, -0.2) is 13.2 Å². The normalized spacial score (nSPS) is 12.3. The third-order valence-corrected chi connectivity index (χ3v) is 1.95. The standard InChI is InChI=1S/C10H7F5O3/c1-3(2-4(16)17)18-10-8(14)6(12)5(11)7(13)9(10)15/h3H,2H2,1H3,(H,16,17)/t3-/m0/s1. The van der Waals surface area contributed by atoms with Crippen molar-refractivity contribution in [2.24, 2.45) is 0 Å². The molecule has 1 aromatic rings. The van der Waals surface area contributed by atoms with Crippen LogP contribution in [0.1, 0.15) is 13.3 Å². The summed E-state index contributed by atoms with van der Waals surface area (Å²) < 4.78 is 68.8. The van der Waals surface area contributed by atoms with Crippen LogP contribution in [0, 0.1) is 29.1 Å². The van der Waals surface area contributed by atoms with Gasteiger partial charge in [0.05, 0.1) is 6.42 Å². The van der Waals surface area contributed by atoms with Gasteiger partial charge in [0.15, 0.2) is 5.75 Å². The first-order valence-electron chi connectivity index (χ1n) is 4.65. The van der Waals surface area contributed by atoms with Crippen LogP contribution in [0.2, 0.25) is 0 Å². The van der Waals surface area contributed by atoms with Crippen molar-refractivity contribution in [1.82, 2.24) is 0 Å². The summed E-state index contributed by atoms with van der Waals surface area (Å²) in [7, 11) is 0. The van der Waals surface area contributed by atoms with Crippen LogP contribution in [0.25, 0.3) is 0 Å². The fraction of sp³-hybridized carbons (Fsp3) is 0.300. The zero-order valence-electron chi connectivity index (χ0n) is 8.94. The van der Waals surface area contributed by atoms with Gasteiger partial charge in [-0.3, -0.25) is 4.79 Å². The zero-order valence-corrected chi connectivity index (χ0v) is 8.94. The van der Waals surface area contributed by atoms with E-state index in [1.165, 1.54) is 0 Å². The number of carbonyl (C=O) groups is 1. The number of benzene rings is 1. The number of halogens is 5. The van der Waals surface area contributed by atoms with Gasteiger partial charge in [0.1, 0.15) is 6.10 Å². The van der Waals surface area contributed by atoms with Crippen LogP contribution in [-0.2, 0) is 4.79 Å². The quantitative estimate of drug-likeness (QED) is 0.519. The highest BCUT2D eigenvalue weighted by atomic mass is 19.2. The van der Waals surface area contributed by atoms with Gasteiger partial charge in [0.25, 0.3) is 0 Å². The van der Waals surface area contributed by atoms with Crippen molar-refractivity contribution in [2.45, 2.75) is 19.4 Å². The minimum Gasteiger partial charge on any atom is -0.484 e. The van der Waals surface area contributed by atoms with Crippen molar-refractivity contribution >= 4 is 5.97 Å². The molecule has 0 heterocycles. The summed E-state index contributed by atoms with van der Waals surface area (Å²) in [5.74, 6) is -13.7. The largest absolute Gasteiger partial charge is 0.484 e. The summed E-state index contributed by atoms with van der Waals surface area (Å²) in [6.45, 7) is 1.12. The number of rotatable bonds is 4. The molecule has 1 atom stereocenters. The lowest BCUT2D eigenvalue weighted by molar-refractivity contribution is -0.138. The van der Waals surface area contributed by atoms with Gasteiger partial charge in [-0.1, -0.05) is 0 Å². The lowest BCUT2D eigenvalue weighted by Gasteiger charge is -2.14. The Morgan fingerprint density at radius 2 is 1.44 bits per heavy atom. The molecule has 0 fully saturated rings. The van der Waals surface area contributed by atoms with E-state index in [9.17, 15) is 26.7 Å². The van der Waals surface area contributed by atoms with E-state index in [1.54, 1.807) is 0 Å². The van der Waals surface area contributed by atoms with Crippen LogP contribution in [0.3, 0.4) is 0 Å². The lowest BCUT2D eigenvalue weighted by Crippen LogP contribution is -2.19. The second kappa shape index (κ2) is 5.19. The molecule has 100 valence electrons. The molecule has 0 unspecified atom stereocenters. The summed E-state index contributed by atoms with van der Waals surface area (Å²) in [5.41, 5.74) is 0. The highest BCUT2D eigenvalue weighted by molar-refractivity contribution is 5.67. The van der Waals surface area contributed by atoms with Crippen LogP contribution in [0.5, 0.6) is 5.75 Å². The molecule has 0 aliphatic rings. The molecule has 0 saturated heterocycles. The summed E-state index contributed by atoms with van der Waals surface area (Å²) >= 11 is 0. The summed E-state index contributed by atoms with van der Waals surface area (Å²) in [6, 6.07) is 0. The van der Waals surface area contributed by atoms with E-state index in [4.69, 9.17) is 5.11 Å². The second-order valence-corrected chi connectivity index (χ2v) is 3.43. The van der Waals surface area contributed by atoms with Gasteiger partial charge in [-0.15, -0.1) is 0 Å². The molecule has 0 amide bonds. The molecule has 0 aromatic heterocycles. The van der Waals surface area contributed by atoms with E-state index in [0.717, 1.165) is 6.92 Å². The number of aliphatic carboxylic acids is 1.